The predicted molar refractivity (Wildman–Crippen MR) is 101 cm³/mol. The van der Waals surface area contributed by atoms with Crippen molar-refractivity contribution < 1.29 is 14.3 Å². The van der Waals surface area contributed by atoms with Crippen LogP contribution in [0.5, 0.6) is 0 Å². The maximum atomic E-state index is 12.8. The second kappa shape index (κ2) is 6.21. The summed E-state index contributed by atoms with van der Waals surface area (Å²) >= 11 is 0. The molecule has 26 heavy (non-hydrogen) atoms. The monoisotopic (exact) mass is 354 g/mol. The first-order valence-corrected chi connectivity index (χ1v) is 10.1. The van der Waals surface area contributed by atoms with Gasteiger partial charge in [0.25, 0.3) is 0 Å². The fraction of sp³-hybridized carbons (Fsp3) is 0.652. The van der Waals surface area contributed by atoms with Crippen LogP contribution in [-0.2, 0) is 14.9 Å². The second-order valence-corrected chi connectivity index (χ2v) is 10.0. The van der Waals surface area contributed by atoms with Gasteiger partial charge in [-0.2, -0.15) is 0 Å². The molecule has 0 unspecified atom stereocenters. The van der Waals surface area contributed by atoms with Gasteiger partial charge < -0.3 is 4.74 Å². The van der Waals surface area contributed by atoms with E-state index in [1.54, 1.807) is 0 Å². The van der Waals surface area contributed by atoms with Crippen molar-refractivity contribution in [1.29, 1.82) is 0 Å². The van der Waals surface area contributed by atoms with E-state index in [-0.39, 0.29) is 29.2 Å². The zero-order valence-corrected chi connectivity index (χ0v) is 16.2. The highest BCUT2D eigenvalue weighted by Crippen LogP contribution is 2.60. The third-order valence-corrected chi connectivity index (χ3v) is 6.88. The summed E-state index contributed by atoms with van der Waals surface area (Å²) in [6.07, 6.45) is 6.83. The quantitative estimate of drug-likeness (QED) is 0.569. The van der Waals surface area contributed by atoms with Gasteiger partial charge in [0.05, 0.1) is 5.41 Å². The maximum Gasteiger partial charge on any atom is 0.312 e. The number of ether oxygens (including phenoxy) is 1. The first-order valence-electron chi connectivity index (χ1n) is 10.1. The van der Waals surface area contributed by atoms with Crippen molar-refractivity contribution in [2.24, 2.45) is 23.2 Å². The number of Topliss-reactive ketones (excluding diaryl/α,β-unsaturated/α-hetero) is 1. The molecule has 0 amide bonds. The van der Waals surface area contributed by atoms with E-state index >= 15 is 0 Å². The predicted octanol–water partition coefficient (Wildman–Crippen LogP) is 4.93. The minimum Gasteiger partial charge on any atom is -0.457 e. The molecule has 4 fully saturated rings. The van der Waals surface area contributed by atoms with Crippen LogP contribution < -0.4 is 0 Å². The molecule has 3 heteroatoms. The fourth-order valence-corrected chi connectivity index (χ4v) is 5.88. The lowest BCUT2D eigenvalue weighted by atomic mass is 9.49. The Morgan fingerprint density at radius 1 is 0.962 bits per heavy atom. The van der Waals surface area contributed by atoms with Crippen molar-refractivity contribution >= 4 is 11.8 Å². The van der Waals surface area contributed by atoms with Crippen molar-refractivity contribution in [2.75, 3.05) is 6.61 Å². The lowest BCUT2D eigenvalue weighted by Gasteiger charge is -2.55. The molecule has 1 aromatic carbocycles. The Labute approximate surface area is 156 Å². The van der Waals surface area contributed by atoms with Crippen LogP contribution in [0, 0.1) is 23.2 Å². The molecule has 4 bridgehead atoms. The molecule has 0 radical (unpaired) electrons. The normalized spacial score (nSPS) is 32.5. The number of benzene rings is 1. The number of ketones is 1. The zero-order valence-electron chi connectivity index (χ0n) is 16.2. The van der Waals surface area contributed by atoms with E-state index in [2.05, 4.69) is 20.8 Å². The largest absolute Gasteiger partial charge is 0.457 e. The Morgan fingerprint density at radius 3 is 1.92 bits per heavy atom. The van der Waals surface area contributed by atoms with Crippen LogP contribution in [-0.4, -0.2) is 18.4 Å². The molecule has 0 aliphatic heterocycles. The third-order valence-electron chi connectivity index (χ3n) is 6.88. The highest BCUT2D eigenvalue weighted by atomic mass is 16.5. The fourth-order valence-electron chi connectivity index (χ4n) is 5.88. The van der Waals surface area contributed by atoms with Crippen molar-refractivity contribution in [2.45, 2.75) is 64.7 Å². The molecule has 4 aliphatic rings. The van der Waals surface area contributed by atoms with Crippen LogP contribution in [0.25, 0.3) is 0 Å². The molecule has 0 N–H and O–H groups in total. The van der Waals surface area contributed by atoms with Gasteiger partial charge in [-0.05, 0) is 67.3 Å². The molecule has 140 valence electrons. The lowest BCUT2D eigenvalue weighted by Crippen LogP contribution is -2.50. The Balaban J connectivity index is 1.38. The zero-order chi connectivity index (χ0) is 18.5. The van der Waals surface area contributed by atoms with Gasteiger partial charge in [-0.25, -0.2) is 0 Å². The van der Waals surface area contributed by atoms with Crippen LogP contribution in [0.3, 0.4) is 0 Å². The Hall–Kier alpha value is -1.64. The highest BCUT2D eigenvalue weighted by molar-refractivity contribution is 5.98. The summed E-state index contributed by atoms with van der Waals surface area (Å²) in [4.78, 5) is 25.3. The summed E-state index contributed by atoms with van der Waals surface area (Å²) in [6, 6.07) is 7.69. The van der Waals surface area contributed by atoms with Gasteiger partial charge in [0.15, 0.2) is 12.4 Å². The smallest absolute Gasteiger partial charge is 0.312 e. The average Bonchev–Trinajstić information content (AvgIpc) is 2.57. The van der Waals surface area contributed by atoms with Crippen LogP contribution in [0.4, 0.5) is 0 Å². The SMILES string of the molecule is CC(C)(C)c1ccc(C(=O)COC(=O)C23CC4CC(CC(C4)C2)C3)cc1. The van der Waals surface area contributed by atoms with E-state index in [4.69, 9.17) is 4.74 Å². The number of carbonyl (C=O) groups is 2. The van der Waals surface area contributed by atoms with Crippen molar-refractivity contribution in [3.8, 4) is 0 Å². The molecule has 5 rings (SSSR count). The molecule has 0 heterocycles. The van der Waals surface area contributed by atoms with Crippen LogP contribution >= 0.6 is 0 Å². The average molecular weight is 354 g/mol. The van der Waals surface area contributed by atoms with Gasteiger partial charge in [0.1, 0.15) is 0 Å². The van der Waals surface area contributed by atoms with Crippen LogP contribution in [0.15, 0.2) is 24.3 Å². The molecular formula is C23H30O3. The van der Waals surface area contributed by atoms with Crippen LogP contribution in [0.2, 0.25) is 0 Å². The Bertz CT molecular complexity index is 673. The van der Waals surface area contributed by atoms with E-state index in [0.717, 1.165) is 19.3 Å². The maximum absolute atomic E-state index is 12.8. The van der Waals surface area contributed by atoms with Crippen molar-refractivity contribution in [3.05, 3.63) is 35.4 Å². The third kappa shape index (κ3) is 3.21. The summed E-state index contributed by atoms with van der Waals surface area (Å²) in [6.45, 7) is 6.32. The summed E-state index contributed by atoms with van der Waals surface area (Å²) in [5.74, 6) is 1.89. The number of hydrogen-bond acceptors (Lipinski definition) is 3. The number of hydrogen-bond donors (Lipinski definition) is 0. The first kappa shape index (κ1) is 17.8. The Kier molecular flexibility index (Phi) is 4.24. The Morgan fingerprint density at radius 2 is 1.46 bits per heavy atom. The van der Waals surface area contributed by atoms with Crippen LogP contribution in [0.1, 0.15) is 75.2 Å². The summed E-state index contributed by atoms with van der Waals surface area (Å²) < 4.78 is 5.55. The standard InChI is InChI=1S/C23H30O3/c1-22(2,3)19-6-4-18(5-7-19)20(24)14-26-21(25)23-11-15-8-16(12-23)10-17(9-15)13-23/h4-7,15-17H,8-14H2,1-3H3. The topological polar surface area (TPSA) is 43.4 Å². The minimum absolute atomic E-state index is 0.0621. The molecule has 0 aromatic heterocycles. The van der Waals surface area contributed by atoms with Gasteiger partial charge in [0, 0.05) is 5.56 Å². The van der Waals surface area contributed by atoms with E-state index < -0.39 is 0 Å². The molecule has 4 saturated carbocycles. The molecule has 0 spiro atoms. The summed E-state index contributed by atoms with van der Waals surface area (Å²) in [5, 5.41) is 0. The molecule has 3 nitrogen and oxygen atoms in total. The molecule has 0 saturated heterocycles. The number of rotatable bonds is 4. The summed E-state index contributed by atoms with van der Waals surface area (Å²) in [5.41, 5.74) is 1.59. The first-order chi connectivity index (χ1) is 12.2. The molecule has 4 aliphatic carbocycles. The van der Waals surface area contributed by atoms with Crippen molar-refractivity contribution in [3.63, 3.8) is 0 Å². The number of carbonyl (C=O) groups excluding carboxylic acids is 2. The van der Waals surface area contributed by atoms with Gasteiger partial charge in [-0.15, -0.1) is 0 Å². The van der Waals surface area contributed by atoms with Gasteiger partial charge in [-0.3, -0.25) is 9.59 Å². The van der Waals surface area contributed by atoms with Gasteiger partial charge in [-0.1, -0.05) is 45.0 Å². The number of esters is 1. The minimum atomic E-state index is -0.287. The lowest BCUT2D eigenvalue weighted by molar-refractivity contribution is -0.170. The van der Waals surface area contributed by atoms with Crippen molar-refractivity contribution in [1.82, 2.24) is 0 Å². The molecule has 1 aromatic rings. The van der Waals surface area contributed by atoms with E-state index in [1.165, 1.54) is 24.8 Å². The summed E-state index contributed by atoms with van der Waals surface area (Å²) in [7, 11) is 0. The van der Waals surface area contributed by atoms with E-state index in [0.29, 0.717) is 23.3 Å². The van der Waals surface area contributed by atoms with E-state index in [1.807, 2.05) is 24.3 Å². The highest BCUT2D eigenvalue weighted by Gasteiger charge is 2.55. The molecule has 0 atom stereocenters. The van der Waals surface area contributed by atoms with Gasteiger partial charge >= 0.3 is 5.97 Å². The molecular weight excluding hydrogens is 324 g/mol. The van der Waals surface area contributed by atoms with E-state index in [9.17, 15) is 9.59 Å². The van der Waals surface area contributed by atoms with Gasteiger partial charge in [0.2, 0.25) is 0 Å². The second-order valence-electron chi connectivity index (χ2n) is 10.0.